The van der Waals surface area contributed by atoms with Gasteiger partial charge in [0.05, 0.1) is 0 Å². The average Bonchev–Trinajstić information content (AvgIpc) is 2.24. The minimum absolute atomic E-state index is 1.07. The van der Waals surface area contributed by atoms with Crippen molar-refractivity contribution in [1.82, 2.24) is 15.2 Å². The van der Waals surface area contributed by atoms with Crippen LogP contribution in [0, 0.1) is 0 Å². The Balaban J connectivity index is 1.98. The van der Waals surface area contributed by atoms with Gasteiger partial charge in [0.25, 0.3) is 0 Å². The lowest BCUT2D eigenvalue weighted by atomic mass is 10.1. The first-order chi connectivity index (χ1) is 7.29. The fourth-order valence-electron chi connectivity index (χ4n) is 1.39. The van der Waals surface area contributed by atoms with E-state index < -0.39 is 0 Å². The zero-order chi connectivity index (χ0) is 10.9. The number of aromatic nitrogens is 1. The van der Waals surface area contributed by atoms with Gasteiger partial charge in [-0.25, -0.2) is 0 Å². The van der Waals surface area contributed by atoms with Gasteiger partial charge in [0.2, 0.25) is 0 Å². The summed E-state index contributed by atoms with van der Waals surface area (Å²) in [5.41, 5.74) is 1.33. The van der Waals surface area contributed by atoms with Gasteiger partial charge in [0.1, 0.15) is 0 Å². The van der Waals surface area contributed by atoms with E-state index in [-0.39, 0.29) is 0 Å². The minimum atomic E-state index is 1.07. The second kappa shape index (κ2) is 7.37. The number of aryl methyl sites for hydroxylation is 1. The molecule has 0 aliphatic heterocycles. The van der Waals surface area contributed by atoms with Gasteiger partial charge in [0.15, 0.2) is 0 Å². The Morgan fingerprint density at radius 3 is 2.87 bits per heavy atom. The van der Waals surface area contributed by atoms with E-state index in [9.17, 15) is 0 Å². The summed E-state index contributed by atoms with van der Waals surface area (Å²) in [6.45, 7) is 3.26. The summed E-state index contributed by atoms with van der Waals surface area (Å²) < 4.78 is 0. The molecule has 0 radical (unpaired) electrons. The highest BCUT2D eigenvalue weighted by Gasteiger charge is 1.93. The highest BCUT2D eigenvalue weighted by Crippen LogP contribution is 1.98. The van der Waals surface area contributed by atoms with Crippen LogP contribution >= 0.6 is 0 Å². The summed E-state index contributed by atoms with van der Waals surface area (Å²) in [6.07, 6.45) is 6.06. The number of nitrogens with zero attached hydrogens (tertiary/aromatic N) is 2. The van der Waals surface area contributed by atoms with E-state index >= 15 is 0 Å². The molecule has 0 aliphatic carbocycles. The topological polar surface area (TPSA) is 28.2 Å². The largest absolute Gasteiger partial charge is 0.315 e. The standard InChI is InChI=1S/C12H21N3/c1-15(2)10-9-13-7-3-5-12-6-4-8-14-11-12/h4,6,8,11,13H,3,5,7,9-10H2,1-2H3. The fourth-order valence-corrected chi connectivity index (χ4v) is 1.39. The molecule has 0 spiro atoms. The number of hydrogen-bond donors (Lipinski definition) is 1. The van der Waals surface area contributed by atoms with Crippen LogP contribution in [0.2, 0.25) is 0 Å². The summed E-state index contributed by atoms with van der Waals surface area (Å²) >= 11 is 0. The van der Waals surface area contributed by atoms with Crippen LogP contribution in [0.3, 0.4) is 0 Å². The van der Waals surface area contributed by atoms with Crippen molar-refractivity contribution in [3.8, 4) is 0 Å². The third-order valence-corrected chi connectivity index (χ3v) is 2.28. The second-order valence-electron chi connectivity index (χ2n) is 4.02. The Bertz CT molecular complexity index is 246. The lowest BCUT2D eigenvalue weighted by molar-refractivity contribution is 0.400. The van der Waals surface area contributed by atoms with Crippen LogP contribution in [-0.4, -0.2) is 43.6 Å². The average molecular weight is 207 g/mol. The lowest BCUT2D eigenvalue weighted by Gasteiger charge is -2.10. The Hall–Kier alpha value is -0.930. The van der Waals surface area contributed by atoms with Gasteiger partial charge >= 0.3 is 0 Å². The zero-order valence-corrected chi connectivity index (χ0v) is 9.74. The monoisotopic (exact) mass is 207 g/mol. The van der Waals surface area contributed by atoms with E-state index in [1.54, 1.807) is 0 Å². The second-order valence-corrected chi connectivity index (χ2v) is 4.02. The molecule has 0 amide bonds. The molecule has 1 rings (SSSR count). The van der Waals surface area contributed by atoms with Crippen molar-refractivity contribution in [3.63, 3.8) is 0 Å². The molecule has 84 valence electrons. The van der Waals surface area contributed by atoms with Crippen molar-refractivity contribution in [2.24, 2.45) is 0 Å². The first-order valence-electron chi connectivity index (χ1n) is 5.53. The summed E-state index contributed by atoms with van der Waals surface area (Å²) in [5, 5.41) is 3.42. The quantitative estimate of drug-likeness (QED) is 0.680. The van der Waals surface area contributed by atoms with Crippen molar-refractivity contribution in [1.29, 1.82) is 0 Å². The molecule has 15 heavy (non-hydrogen) atoms. The lowest BCUT2D eigenvalue weighted by Crippen LogP contribution is -2.27. The smallest absolute Gasteiger partial charge is 0.0299 e. The molecule has 1 N–H and O–H groups in total. The van der Waals surface area contributed by atoms with E-state index in [0.717, 1.165) is 26.1 Å². The van der Waals surface area contributed by atoms with Gasteiger partial charge in [-0.05, 0) is 45.1 Å². The number of rotatable bonds is 7. The fraction of sp³-hybridized carbons (Fsp3) is 0.583. The molecule has 3 heteroatoms. The molecule has 0 saturated carbocycles. The molecule has 0 aliphatic rings. The van der Waals surface area contributed by atoms with Crippen LogP contribution in [0.5, 0.6) is 0 Å². The van der Waals surface area contributed by atoms with Crippen LogP contribution in [0.15, 0.2) is 24.5 Å². The van der Waals surface area contributed by atoms with E-state index in [1.807, 2.05) is 18.5 Å². The Morgan fingerprint density at radius 1 is 1.33 bits per heavy atom. The highest BCUT2D eigenvalue weighted by molar-refractivity contribution is 5.08. The molecule has 1 heterocycles. The minimum Gasteiger partial charge on any atom is -0.315 e. The molecular formula is C12H21N3. The van der Waals surface area contributed by atoms with Crippen molar-refractivity contribution < 1.29 is 0 Å². The first-order valence-corrected chi connectivity index (χ1v) is 5.53. The molecule has 0 bridgehead atoms. The van der Waals surface area contributed by atoms with Gasteiger partial charge in [0, 0.05) is 25.5 Å². The van der Waals surface area contributed by atoms with Crippen LogP contribution in [0.4, 0.5) is 0 Å². The third kappa shape index (κ3) is 6.20. The summed E-state index contributed by atoms with van der Waals surface area (Å²) in [6, 6.07) is 4.13. The number of pyridine rings is 1. The third-order valence-electron chi connectivity index (χ3n) is 2.28. The first kappa shape index (κ1) is 12.1. The molecule has 3 nitrogen and oxygen atoms in total. The number of likely N-dealkylation sites (N-methyl/N-ethyl adjacent to an activating group) is 1. The Morgan fingerprint density at radius 2 is 2.20 bits per heavy atom. The maximum absolute atomic E-state index is 4.10. The van der Waals surface area contributed by atoms with Gasteiger partial charge in [-0.15, -0.1) is 0 Å². The van der Waals surface area contributed by atoms with Crippen LogP contribution in [0.1, 0.15) is 12.0 Å². The molecule has 1 aromatic heterocycles. The van der Waals surface area contributed by atoms with E-state index in [1.165, 1.54) is 12.0 Å². The van der Waals surface area contributed by atoms with Crippen molar-refractivity contribution in [2.75, 3.05) is 33.7 Å². The molecule has 1 aromatic rings. The molecule has 0 aromatic carbocycles. The number of hydrogen-bond acceptors (Lipinski definition) is 3. The molecule has 0 saturated heterocycles. The van der Waals surface area contributed by atoms with E-state index in [2.05, 4.69) is 35.4 Å². The van der Waals surface area contributed by atoms with Crippen LogP contribution < -0.4 is 5.32 Å². The SMILES string of the molecule is CN(C)CCNCCCc1cccnc1. The van der Waals surface area contributed by atoms with E-state index in [4.69, 9.17) is 0 Å². The van der Waals surface area contributed by atoms with Crippen molar-refractivity contribution in [3.05, 3.63) is 30.1 Å². The Labute approximate surface area is 92.5 Å². The van der Waals surface area contributed by atoms with Crippen LogP contribution in [0.25, 0.3) is 0 Å². The molecule has 0 atom stereocenters. The predicted octanol–water partition coefficient (Wildman–Crippen LogP) is 1.17. The van der Waals surface area contributed by atoms with Crippen molar-refractivity contribution >= 4 is 0 Å². The normalized spacial score (nSPS) is 10.9. The van der Waals surface area contributed by atoms with Gasteiger partial charge in [-0.1, -0.05) is 6.07 Å². The Kier molecular flexibility index (Phi) is 5.97. The molecule has 0 unspecified atom stereocenters. The summed E-state index contributed by atoms with van der Waals surface area (Å²) in [7, 11) is 4.19. The van der Waals surface area contributed by atoms with Gasteiger partial charge < -0.3 is 10.2 Å². The maximum Gasteiger partial charge on any atom is 0.0299 e. The molecular weight excluding hydrogens is 186 g/mol. The highest BCUT2D eigenvalue weighted by atomic mass is 15.1. The summed E-state index contributed by atoms with van der Waals surface area (Å²) in [4.78, 5) is 6.28. The summed E-state index contributed by atoms with van der Waals surface area (Å²) in [5.74, 6) is 0. The van der Waals surface area contributed by atoms with Gasteiger partial charge in [-0.2, -0.15) is 0 Å². The maximum atomic E-state index is 4.10. The molecule has 0 fully saturated rings. The van der Waals surface area contributed by atoms with E-state index in [0.29, 0.717) is 0 Å². The van der Waals surface area contributed by atoms with Gasteiger partial charge in [-0.3, -0.25) is 4.98 Å². The number of nitrogens with one attached hydrogen (secondary N) is 1. The van der Waals surface area contributed by atoms with Crippen molar-refractivity contribution in [2.45, 2.75) is 12.8 Å². The van der Waals surface area contributed by atoms with Crippen LogP contribution in [-0.2, 0) is 6.42 Å². The zero-order valence-electron chi connectivity index (χ0n) is 9.74. The predicted molar refractivity (Wildman–Crippen MR) is 64.0 cm³/mol.